The molecule has 0 bridgehead atoms. The molecule has 1 aromatic carbocycles. The van der Waals surface area contributed by atoms with Crippen LogP contribution in [0.4, 0.5) is 0 Å². The van der Waals surface area contributed by atoms with Crippen LogP contribution in [0.15, 0.2) is 24.3 Å². The maximum absolute atomic E-state index is 5.51. The van der Waals surface area contributed by atoms with E-state index in [9.17, 15) is 0 Å². The molecule has 0 aliphatic carbocycles. The molecule has 18 heavy (non-hydrogen) atoms. The average Bonchev–Trinajstić information content (AvgIpc) is 2.39. The van der Waals surface area contributed by atoms with Crippen molar-refractivity contribution in [2.75, 3.05) is 18.5 Å². The van der Waals surface area contributed by atoms with E-state index in [1.807, 2.05) is 0 Å². The van der Waals surface area contributed by atoms with Gasteiger partial charge in [-0.25, -0.2) is 0 Å². The molecule has 1 aromatic rings. The predicted octanol–water partition coefficient (Wildman–Crippen LogP) is 4.43. The van der Waals surface area contributed by atoms with Crippen molar-refractivity contribution < 1.29 is 4.74 Å². The van der Waals surface area contributed by atoms with Crippen molar-refractivity contribution in [1.29, 1.82) is 0 Å². The van der Waals surface area contributed by atoms with Crippen molar-refractivity contribution in [3.05, 3.63) is 35.4 Å². The molecule has 2 heteroatoms. The van der Waals surface area contributed by atoms with Gasteiger partial charge in [0.25, 0.3) is 0 Å². The maximum atomic E-state index is 5.51. The smallest absolute Gasteiger partial charge is 0.0474 e. The minimum atomic E-state index is 0.232. The van der Waals surface area contributed by atoms with Crippen LogP contribution in [0.25, 0.3) is 0 Å². The van der Waals surface area contributed by atoms with Gasteiger partial charge in [-0.2, -0.15) is 0 Å². The number of halogens is 1. The Morgan fingerprint density at radius 3 is 2.11 bits per heavy atom. The molecular formula is C16H23BrO. The van der Waals surface area contributed by atoms with Crippen molar-refractivity contribution in [2.45, 2.75) is 44.4 Å². The summed E-state index contributed by atoms with van der Waals surface area (Å²) in [5, 5.41) is 1.03. The van der Waals surface area contributed by atoms with Gasteiger partial charge in [0.05, 0.1) is 0 Å². The summed E-state index contributed by atoms with van der Waals surface area (Å²) in [6.45, 7) is 8.55. The van der Waals surface area contributed by atoms with E-state index in [0.717, 1.165) is 31.4 Å². The Bertz CT molecular complexity index is 383. The third kappa shape index (κ3) is 2.80. The first kappa shape index (κ1) is 14.1. The number of hydrogen-bond donors (Lipinski definition) is 0. The summed E-state index contributed by atoms with van der Waals surface area (Å²) in [5.74, 6) is 0. The minimum Gasteiger partial charge on any atom is -0.381 e. The summed E-state index contributed by atoms with van der Waals surface area (Å²) in [4.78, 5) is 0. The summed E-state index contributed by atoms with van der Waals surface area (Å²) in [6, 6.07) is 9.20. The zero-order valence-corrected chi connectivity index (χ0v) is 13.2. The molecule has 0 amide bonds. The van der Waals surface area contributed by atoms with E-state index in [4.69, 9.17) is 4.74 Å². The molecule has 0 radical (unpaired) electrons. The van der Waals surface area contributed by atoms with Crippen LogP contribution in [-0.2, 0) is 15.6 Å². The molecule has 0 aromatic heterocycles. The number of benzene rings is 1. The quantitative estimate of drug-likeness (QED) is 0.734. The molecule has 100 valence electrons. The first-order valence-electron chi connectivity index (χ1n) is 6.73. The Morgan fingerprint density at radius 2 is 1.67 bits per heavy atom. The molecule has 1 saturated heterocycles. The third-order valence-corrected chi connectivity index (χ3v) is 5.14. The van der Waals surface area contributed by atoms with E-state index in [1.54, 1.807) is 0 Å². The molecule has 0 spiro atoms. The molecule has 1 aliphatic heterocycles. The monoisotopic (exact) mass is 310 g/mol. The van der Waals surface area contributed by atoms with Gasteiger partial charge in [0.1, 0.15) is 0 Å². The molecule has 0 N–H and O–H groups in total. The van der Waals surface area contributed by atoms with Crippen LogP contribution < -0.4 is 0 Å². The second-order valence-electron chi connectivity index (χ2n) is 6.35. The van der Waals surface area contributed by atoms with Crippen LogP contribution in [0.2, 0.25) is 0 Å². The lowest BCUT2D eigenvalue weighted by Crippen LogP contribution is -2.35. The highest BCUT2D eigenvalue weighted by atomic mass is 79.9. The largest absolute Gasteiger partial charge is 0.381 e. The van der Waals surface area contributed by atoms with Crippen molar-refractivity contribution in [2.24, 2.45) is 0 Å². The lowest BCUT2D eigenvalue weighted by molar-refractivity contribution is 0.0584. The molecule has 0 unspecified atom stereocenters. The third-order valence-electron chi connectivity index (χ3n) is 4.07. The van der Waals surface area contributed by atoms with E-state index < -0.39 is 0 Å². The van der Waals surface area contributed by atoms with Crippen LogP contribution >= 0.6 is 15.9 Å². The predicted molar refractivity (Wildman–Crippen MR) is 80.7 cm³/mol. The van der Waals surface area contributed by atoms with Gasteiger partial charge in [-0.1, -0.05) is 61.0 Å². The SMILES string of the molecule is CC(C)(C)c1ccc(C2(CBr)CCOCC2)cc1. The fraction of sp³-hybridized carbons (Fsp3) is 0.625. The molecule has 2 rings (SSSR count). The van der Waals surface area contributed by atoms with Crippen LogP contribution in [0.3, 0.4) is 0 Å². The Labute approximate surface area is 119 Å². The number of alkyl halides is 1. The van der Waals surface area contributed by atoms with Crippen LogP contribution in [0.1, 0.15) is 44.7 Å². The Hall–Kier alpha value is -0.340. The number of ether oxygens (including phenoxy) is 1. The lowest BCUT2D eigenvalue weighted by Gasteiger charge is -2.36. The van der Waals surface area contributed by atoms with Gasteiger partial charge in [-0.3, -0.25) is 0 Å². The molecule has 1 heterocycles. The second-order valence-corrected chi connectivity index (χ2v) is 6.91. The minimum absolute atomic E-state index is 0.232. The summed E-state index contributed by atoms with van der Waals surface area (Å²) < 4.78 is 5.51. The lowest BCUT2D eigenvalue weighted by atomic mass is 9.75. The van der Waals surface area contributed by atoms with E-state index in [0.29, 0.717) is 0 Å². The van der Waals surface area contributed by atoms with Gasteiger partial charge in [0.15, 0.2) is 0 Å². The van der Waals surface area contributed by atoms with E-state index in [2.05, 4.69) is 61.0 Å². The van der Waals surface area contributed by atoms with Crippen LogP contribution in [0.5, 0.6) is 0 Å². The first-order valence-corrected chi connectivity index (χ1v) is 7.85. The van der Waals surface area contributed by atoms with Gasteiger partial charge in [-0.15, -0.1) is 0 Å². The molecule has 0 atom stereocenters. The second kappa shape index (κ2) is 5.34. The number of rotatable bonds is 2. The molecular weight excluding hydrogens is 288 g/mol. The normalized spacial score (nSPS) is 19.8. The standard InChI is InChI=1S/C16H23BrO/c1-15(2,3)13-4-6-14(7-5-13)16(12-17)8-10-18-11-9-16/h4-7H,8-12H2,1-3H3. The van der Waals surface area contributed by atoms with Gasteiger partial charge in [0, 0.05) is 24.0 Å². The highest BCUT2D eigenvalue weighted by molar-refractivity contribution is 9.09. The Kier molecular flexibility index (Phi) is 4.18. The first-order chi connectivity index (χ1) is 8.48. The van der Waals surface area contributed by atoms with Crippen LogP contribution in [0, 0.1) is 0 Å². The molecule has 1 nitrogen and oxygen atoms in total. The maximum Gasteiger partial charge on any atom is 0.0474 e. The summed E-state index contributed by atoms with van der Waals surface area (Å²) >= 11 is 3.71. The van der Waals surface area contributed by atoms with Crippen LogP contribution in [-0.4, -0.2) is 18.5 Å². The van der Waals surface area contributed by atoms with Crippen molar-refractivity contribution in [3.8, 4) is 0 Å². The van der Waals surface area contributed by atoms with Gasteiger partial charge in [0.2, 0.25) is 0 Å². The molecule has 0 saturated carbocycles. The average molecular weight is 311 g/mol. The fourth-order valence-corrected chi connectivity index (χ4v) is 3.47. The number of hydrogen-bond acceptors (Lipinski definition) is 1. The molecule has 1 fully saturated rings. The van der Waals surface area contributed by atoms with Gasteiger partial charge < -0.3 is 4.74 Å². The fourth-order valence-electron chi connectivity index (χ4n) is 2.59. The highest BCUT2D eigenvalue weighted by Crippen LogP contribution is 2.37. The van der Waals surface area contributed by atoms with Crippen molar-refractivity contribution in [3.63, 3.8) is 0 Å². The van der Waals surface area contributed by atoms with Gasteiger partial charge in [-0.05, 0) is 29.4 Å². The Morgan fingerprint density at radius 1 is 1.11 bits per heavy atom. The zero-order valence-electron chi connectivity index (χ0n) is 11.6. The Balaban J connectivity index is 2.27. The zero-order chi connectivity index (χ0) is 13.2. The topological polar surface area (TPSA) is 9.23 Å². The summed E-state index contributed by atoms with van der Waals surface area (Å²) in [5.41, 5.74) is 3.36. The highest BCUT2D eigenvalue weighted by Gasteiger charge is 2.33. The van der Waals surface area contributed by atoms with E-state index >= 15 is 0 Å². The summed E-state index contributed by atoms with van der Waals surface area (Å²) in [7, 11) is 0. The van der Waals surface area contributed by atoms with Crippen molar-refractivity contribution >= 4 is 15.9 Å². The summed E-state index contributed by atoms with van der Waals surface area (Å²) in [6.07, 6.45) is 2.24. The molecule has 1 aliphatic rings. The van der Waals surface area contributed by atoms with E-state index in [1.165, 1.54) is 11.1 Å². The van der Waals surface area contributed by atoms with Crippen molar-refractivity contribution in [1.82, 2.24) is 0 Å². The van der Waals surface area contributed by atoms with E-state index in [-0.39, 0.29) is 10.8 Å². The van der Waals surface area contributed by atoms with Gasteiger partial charge >= 0.3 is 0 Å².